The highest BCUT2D eigenvalue weighted by molar-refractivity contribution is 5.92. The summed E-state index contributed by atoms with van der Waals surface area (Å²) in [5, 5.41) is 3.13. The van der Waals surface area contributed by atoms with Crippen LogP contribution in [0.25, 0.3) is 0 Å². The number of nitrogens with zero attached hydrogens (tertiary/aromatic N) is 2. The average molecular weight is 263 g/mol. The van der Waals surface area contributed by atoms with Gasteiger partial charge in [0.05, 0.1) is 5.69 Å². The molecule has 3 saturated heterocycles. The number of fused-ring (bicyclic) bond motifs is 3. The number of carbonyl (C=O) groups excluding carboxylic acids is 1. The minimum Gasteiger partial charge on any atom is -0.435 e. The van der Waals surface area contributed by atoms with Crippen LogP contribution >= 0.6 is 0 Å². The van der Waals surface area contributed by atoms with E-state index in [2.05, 4.69) is 15.2 Å². The molecule has 3 fully saturated rings. The number of piperidine rings is 3. The fourth-order valence-electron chi connectivity index (χ4n) is 3.18. The Morgan fingerprint density at radius 1 is 1.47 bits per heavy atom. The third-order valence-corrected chi connectivity index (χ3v) is 4.32. The van der Waals surface area contributed by atoms with Crippen LogP contribution in [-0.4, -0.2) is 41.5 Å². The van der Waals surface area contributed by atoms with Crippen molar-refractivity contribution in [2.45, 2.75) is 39.2 Å². The van der Waals surface area contributed by atoms with Gasteiger partial charge in [0.1, 0.15) is 0 Å². The second-order valence-electron chi connectivity index (χ2n) is 5.59. The predicted octanol–water partition coefficient (Wildman–Crippen LogP) is 1.37. The molecule has 19 heavy (non-hydrogen) atoms. The third-order valence-electron chi connectivity index (χ3n) is 4.32. The van der Waals surface area contributed by atoms with E-state index >= 15 is 0 Å². The highest BCUT2D eigenvalue weighted by atomic mass is 16.4. The molecule has 3 aliphatic heterocycles. The van der Waals surface area contributed by atoms with Crippen molar-refractivity contribution < 1.29 is 9.21 Å². The molecule has 5 nitrogen and oxygen atoms in total. The van der Waals surface area contributed by atoms with Gasteiger partial charge in [-0.2, -0.15) is 0 Å². The van der Waals surface area contributed by atoms with E-state index in [1.165, 1.54) is 25.9 Å². The van der Waals surface area contributed by atoms with E-state index in [9.17, 15) is 4.79 Å². The molecule has 1 unspecified atom stereocenters. The number of rotatable bonds is 3. The SMILES string of the molecule is CCc1nc(C)c(C(=O)NC2CN3CCC2CC3)o1. The van der Waals surface area contributed by atoms with Crippen molar-refractivity contribution >= 4 is 5.91 Å². The Balaban J connectivity index is 1.69. The Labute approximate surface area is 113 Å². The lowest BCUT2D eigenvalue weighted by molar-refractivity contribution is 0.0604. The molecule has 1 amide bonds. The number of nitrogens with one attached hydrogen (secondary N) is 1. The molecule has 4 heterocycles. The van der Waals surface area contributed by atoms with E-state index in [0.717, 1.165) is 6.54 Å². The number of hydrogen-bond acceptors (Lipinski definition) is 4. The fraction of sp³-hybridized carbons (Fsp3) is 0.714. The third kappa shape index (κ3) is 2.39. The molecule has 1 N–H and O–H groups in total. The first-order valence-electron chi connectivity index (χ1n) is 7.17. The van der Waals surface area contributed by atoms with Crippen LogP contribution in [0.3, 0.4) is 0 Å². The topological polar surface area (TPSA) is 58.4 Å². The maximum Gasteiger partial charge on any atom is 0.289 e. The van der Waals surface area contributed by atoms with Crippen LogP contribution in [0.1, 0.15) is 41.9 Å². The van der Waals surface area contributed by atoms with E-state index in [4.69, 9.17) is 4.42 Å². The Hall–Kier alpha value is -1.36. The van der Waals surface area contributed by atoms with Gasteiger partial charge in [-0.3, -0.25) is 4.79 Å². The molecule has 0 saturated carbocycles. The first-order chi connectivity index (χ1) is 9.17. The Morgan fingerprint density at radius 3 is 2.74 bits per heavy atom. The largest absolute Gasteiger partial charge is 0.435 e. The zero-order valence-electron chi connectivity index (χ0n) is 11.6. The molecule has 5 heteroatoms. The van der Waals surface area contributed by atoms with Crippen molar-refractivity contribution in [3.63, 3.8) is 0 Å². The van der Waals surface area contributed by atoms with Gasteiger partial charge in [-0.05, 0) is 38.8 Å². The van der Waals surface area contributed by atoms with Crippen molar-refractivity contribution in [3.05, 3.63) is 17.3 Å². The number of oxazole rings is 1. The zero-order chi connectivity index (χ0) is 13.4. The van der Waals surface area contributed by atoms with Gasteiger partial charge in [-0.15, -0.1) is 0 Å². The molecule has 4 rings (SSSR count). The van der Waals surface area contributed by atoms with Crippen molar-refractivity contribution in [1.82, 2.24) is 15.2 Å². The second-order valence-corrected chi connectivity index (χ2v) is 5.59. The summed E-state index contributed by atoms with van der Waals surface area (Å²) in [5.41, 5.74) is 0.690. The van der Waals surface area contributed by atoms with E-state index < -0.39 is 0 Å². The number of aryl methyl sites for hydroxylation is 2. The van der Waals surface area contributed by atoms with Gasteiger partial charge in [0, 0.05) is 19.0 Å². The van der Waals surface area contributed by atoms with Crippen molar-refractivity contribution in [2.24, 2.45) is 5.92 Å². The minimum absolute atomic E-state index is 0.108. The van der Waals surface area contributed by atoms with Crippen molar-refractivity contribution in [3.8, 4) is 0 Å². The minimum atomic E-state index is -0.108. The van der Waals surface area contributed by atoms with E-state index in [-0.39, 0.29) is 11.9 Å². The summed E-state index contributed by atoms with van der Waals surface area (Å²) in [5.74, 6) is 1.54. The number of aromatic nitrogens is 1. The summed E-state index contributed by atoms with van der Waals surface area (Å²) < 4.78 is 5.51. The van der Waals surface area contributed by atoms with Crippen molar-refractivity contribution in [2.75, 3.05) is 19.6 Å². The van der Waals surface area contributed by atoms with Crippen LogP contribution in [0.15, 0.2) is 4.42 Å². The maximum atomic E-state index is 12.3. The van der Waals surface area contributed by atoms with Crippen LogP contribution in [0, 0.1) is 12.8 Å². The number of hydrogen-bond donors (Lipinski definition) is 1. The molecule has 1 aromatic rings. The normalized spacial score (nSPS) is 29.5. The molecule has 0 spiro atoms. The van der Waals surface area contributed by atoms with Crippen LogP contribution in [0.2, 0.25) is 0 Å². The van der Waals surface area contributed by atoms with Gasteiger partial charge in [-0.1, -0.05) is 6.92 Å². The standard InChI is InChI=1S/C14H21N3O2/c1-3-12-15-9(2)13(19-12)14(18)16-11-8-17-6-4-10(11)5-7-17/h10-11H,3-8H2,1-2H3,(H,16,18). The summed E-state index contributed by atoms with van der Waals surface area (Å²) in [6.45, 7) is 7.13. The zero-order valence-corrected chi connectivity index (χ0v) is 11.6. The number of amides is 1. The second kappa shape index (κ2) is 4.96. The van der Waals surface area contributed by atoms with E-state index in [1.54, 1.807) is 0 Å². The van der Waals surface area contributed by atoms with Gasteiger partial charge >= 0.3 is 0 Å². The quantitative estimate of drug-likeness (QED) is 0.895. The van der Waals surface area contributed by atoms with Crippen LogP contribution in [-0.2, 0) is 6.42 Å². The lowest BCUT2D eigenvalue weighted by Crippen LogP contribution is -2.57. The molecule has 0 aliphatic carbocycles. The van der Waals surface area contributed by atoms with Gasteiger partial charge in [0.2, 0.25) is 5.76 Å². The maximum absolute atomic E-state index is 12.3. The molecule has 104 valence electrons. The summed E-state index contributed by atoms with van der Waals surface area (Å²) in [6.07, 6.45) is 3.11. The summed E-state index contributed by atoms with van der Waals surface area (Å²) in [4.78, 5) is 19.0. The molecule has 1 atom stereocenters. The first-order valence-corrected chi connectivity index (χ1v) is 7.17. The molecule has 3 aliphatic rings. The predicted molar refractivity (Wildman–Crippen MR) is 71.0 cm³/mol. The number of carbonyl (C=O) groups is 1. The Bertz CT molecular complexity index is 475. The van der Waals surface area contributed by atoms with Gasteiger partial charge in [0.25, 0.3) is 5.91 Å². The molecular weight excluding hydrogens is 242 g/mol. The highest BCUT2D eigenvalue weighted by Gasteiger charge is 2.35. The molecular formula is C14H21N3O2. The van der Waals surface area contributed by atoms with Gasteiger partial charge in [-0.25, -0.2) is 4.98 Å². The van der Waals surface area contributed by atoms with Crippen LogP contribution < -0.4 is 5.32 Å². The highest BCUT2D eigenvalue weighted by Crippen LogP contribution is 2.27. The molecule has 2 bridgehead atoms. The van der Waals surface area contributed by atoms with Crippen LogP contribution in [0.4, 0.5) is 0 Å². The summed E-state index contributed by atoms with van der Waals surface area (Å²) in [7, 11) is 0. The monoisotopic (exact) mass is 263 g/mol. The lowest BCUT2D eigenvalue weighted by Gasteiger charge is -2.44. The van der Waals surface area contributed by atoms with Crippen LogP contribution in [0.5, 0.6) is 0 Å². The Kier molecular flexibility index (Phi) is 3.31. The molecule has 0 radical (unpaired) electrons. The van der Waals surface area contributed by atoms with Gasteiger partial charge in [0.15, 0.2) is 5.89 Å². The molecule has 0 aromatic carbocycles. The van der Waals surface area contributed by atoms with Crippen molar-refractivity contribution in [1.29, 1.82) is 0 Å². The summed E-state index contributed by atoms with van der Waals surface area (Å²) in [6, 6.07) is 0.268. The Morgan fingerprint density at radius 2 is 2.21 bits per heavy atom. The van der Waals surface area contributed by atoms with E-state index in [0.29, 0.717) is 29.7 Å². The average Bonchev–Trinajstić information content (AvgIpc) is 2.81. The lowest BCUT2D eigenvalue weighted by atomic mass is 9.84. The molecule has 1 aromatic heterocycles. The summed E-state index contributed by atoms with van der Waals surface area (Å²) >= 11 is 0. The fourth-order valence-corrected chi connectivity index (χ4v) is 3.18. The first kappa shape index (κ1) is 12.7. The van der Waals surface area contributed by atoms with Gasteiger partial charge < -0.3 is 14.6 Å². The van der Waals surface area contributed by atoms with E-state index in [1.807, 2.05) is 13.8 Å². The smallest absolute Gasteiger partial charge is 0.289 e.